The molecule has 2 aromatic carbocycles. The summed E-state index contributed by atoms with van der Waals surface area (Å²) in [7, 11) is 1.52. The van der Waals surface area contributed by atoms with Gasteiger partial charge in [0, 0.05) is 47.4 Å². The minimum Gasteiger partial charge on any atom is -0.457 e. The summed E-state index contributed by atoms with van der Waals surface area (Å²) in [6.45, 7) is 0. The molecule has 2 heterocycles. The van der Waals surface area contributed by atoms with Crippen molar-refractivity contribution in [3.05, 3.63) is 87.2 Å². The number of ether oxygens (including phenoxy) is 1. The lowest BCUT2D eigenvalue weighted by molar-refractivity contribution is 0.0958. The van der Waals surface area contributed by atoms with E-state index in [1.165, 1.54) is 19.3 Å². The molecule has 3 N–H and O–H groups in total. The van der Waals surface area contributed by atoms with Crippen LogP contribution in [-0.4, -0.2) is 33.8 Å². The summed E-state index contributed by atoms with van der Waals surface area (Å²) >= 11 is 18.9. The number of rotatable bonds is 7. The molecule has 5 rings (SSSR count). The van der Waals surface area contributed by atoms with Gasteiger partial charge in [-0.05, 0) is 49.2 Å². The van der Waals surface area contributed by atoms with Gasteiger partial charge in [-0.3, -0.25) is 15.1 Å². The number of aromatic nitrogens is 3. The van der Waals surface area contributed by atoms with Gasteiger partial charge in [0.15, 0.2) is 0 Å². The van der Waals surface area contributed by atoms with Gasteiger partial charge in [-0.2, -0.15) is 5.10 Å². The Morgan fingerprint density at radius 3 is 2.36 bits per heavy atom. The highest BCUT2D eigenvalue weighted by Gasteiger charge is 2.25. The first-order chi connectivity index (χ1) is 18.8. The van der Waals surface area contributed by atoms with Gasteiger partial charge in [-0.25, -0.2) is 9.48 Å². The van der Waals surface area contributed by atoms with Crippen LogP contribution >= 0.6 is 34.8 Å². The largest absolute Gasteiger partial charge is 0.457 e. The summed E-state index contributed by atoms with van der Waals surface area (Å²) in [4.78, 5) is 28.8. The lowest BCUT2D eigenvalue weighted by Crippen LogP contribution is -2.21. The molecule has 2 aromatic heterocycles. The van der Waals surface area contributed by atoms with Crippen molar-refractivity contribution in [3.63, 3.8) is 0 Å². The Labute approximate surface area is 239 Å². The Balaban J connectivity index is 1.31. The van der Waals surface area contributed by atoms with Crippen molar-refractivity contribution in [2.24, 2.45) is 0 Å². The van der Waals surface area contributed by atoms with Gasteiger partial charge in [0.2, 0.25) is 0 Å². The van der Waals surface area contributed by atoms with Crippen molar-refractivity contribution in [2.75, 3.05) is 17.7 Å². The zero-order valence-corrected chi connectivity index (χ0v) is 22.9. The van der Waals surface area contributed by atoms with Crippen LogP contribution in [0.15, 0.2) is 60.8 Å². The van der Waals surface area contributed by atoms with E-state index in [4.69, 9.17) is 44.6 Å². The molecule has 0 atom stereocenters. The summed E-state index contributed by atoms with van der Waals surface area (Å²) in [6.07, 6.45) is 4.73. The number of amides is 3. The summed E-state index contributed by atoms with van der Waals surface area (Å²) in [5.74, 6) is 1.31. The van der Waals surface area contributed by atoms with Gasteiger partial charge in [-0.15, -0.1) is 0 Å². The average molecular weight is 586 g/mol. The number of halogens is 3. The average Bonchev–Trinajstić information content (AvgIpc) is 3.26. The number of pyridine rings is 1. The van der Waals surface area contributed by atoms with Crippen LogP contribution in [0.5, 0.6) is 11.5 Å². The second kappa shape index (κ2) is 11.5. The van der Waals surface area contributed by atoms with Crippen LogP contribution < -0.4 is 20.7 Å². The zero-order chi connectivity index (χ0) is 27.5. The van der Waals surface area contributed by atoms with E-state index in [1.807, 2.05) is 6.07 Å². The van der Waals surface area contributed by atoms with Gasteiger partial charge in [-0.1, -0.05) is 41.2 Å². The maximum Gasteiger partial charge on any atom is 0.324 e. The Kier molecular flexibility index (Phi) is 7.92. The molecular formula is C27H23Cl3N6O3. The summed E-state index contributed by atoms with van der Waals surface area (Å²) in [5.41, 5.74) is 2.11. The van der Waals surface area contributed by atoms with E-state index in [0.717, 1.165) is 25.0 Å². The summed E-state index contributed by atoms with van der Waals surface area (Å²) < 4.78 is 7.43. The number of urea groups is 1. The number of carbonyl (C=O) groups excluding carboxylic acids is 2. The topological polar surface area (TPSA) is 110 Å². The lowest BCUT2D eigenvalue weighted by Gasteiger charge is -2.22. The minimum atomic E-state index is -0.510. The Bertz CT molecular complexity index is 1530. The fourth-order valence-corrected chi connectivity index (χ4v) is 4.78. The number of nitrogens with one attached hydrogen (secondary N) is 3. The first-order valence-corrected chi connectivity index (χ1v) is 13.2. The Morgan fingerprint density at radius 1 is 0.949 bits per heavy atom. The predicted molar refractivity (Wildman–Crippen MR) is 152 cm³/mol. The van der Waals surface area contributed by atoms with Crippen molar-refractivity contribution in [3.8, 4) is 17.2 Å². The van der Waals surface area contributed by atoms with E-state index in [9.17, 15) is 9.59 Å². The van der Waals surface area contributed by atoms with Crippen LogP contribution in [-0.2, 0) is 0 Å². The van der Waals surface area contributed by atoms with Gasteiger partial charge < -0.3 is 15.4 Å². The van der Waals surface area contributed by atoms with Gasteiger partial charge in [0.25, 0.3) is 5.91 Å². The third-order valence-corrected chi connectivity index (χ3v) is 6.95. The maximum absolute atomic E-state index is 13.0. The first kappa shape index (κ1) is 26.8. The molecule has 9 nitrogen and oxygen atoms in total. The molecule has 0 saturated heterocycles. The van der Waals surface area contributed by atoms with Crippen LogP contribution in [0.4, 0.5) is 16.3 Å². The van der Waals surface area contributed by atoms with Crippen molar-refractivity contribution in [1.82, 2.24) is 20.1 Å². The van der Waals surface area contributed by atoms with E-state index in [1.54, 1.807) is 47.1 Å². The van der Waals surface area contributed by atoms with E-state index < -0.39 is 6.03 Å². The molecule has 0 radical (unpaired) electrons. The van der Waals surface area contributed by atoms with Crippen molar-refractivity contribution >= 4 is 58.2 Å². The quantitative estimate of drug-likeness (QED) is 0.211. The molecule has 200 valence electrons. The maximum atomic E-state index is 13.0. The van der Waals surface area contributed by atoms with Crippen LogP contribution in [0.3, 0.4) is 0 Å². The van der Waals surface area contributed by atoms with Crippen molar-refractivity contribution in [1.29, 1.82) is 0 Å². The standard InChI is InChI=1S/C27H23Cl3N6O3/c1-31-26(37)24-13-20(7-8-32-24)39-19-5-6-22(21(30)12-19)33-27(38)34-25-14-23(15-3-2-4-15)35-36(25)18-10-16(28)9-17(29)11-18/h5-15H,2-4H2,1H3,(H,31,37)(H2,33,34,38). The fourth-order valence-electron chi connectivity index (χ4n) is 4.04. The summed E-state index contributed by atoms with van der Waals surface area (Å²) in [6, 6.07) is 14.4. The van der Waals surface area contributed by atoms with E-state index >= 15 is 0 Å². The highest BCUT2D eigenvalue weighted by atomic mass is 35.5. The molecule has 1 aliphatic carbocycles. The Hall–Kier alpha value is -3.79. The number of benzene rings is 2. The fraction of sp³-hybridized carbons (Fsp3) is 0.185. The van der Waals surface area contributed by atoms with Gasteiger partial charge in [0.05, 0.1) is 22.1 Å². The number of anilines is 2. The smallest absolute Gasteiger partial charge is 0.324 e. The Morgan fingerprint density at radius 2 is 1.69 bits per heavy atom. The van der Waals surface area contributed by atoms with Crippen molar-refractivity contribution < 1.29 is 14.3 Å². The predicted octanol–water partition coefficient (Wildman–Crippen LogP) is 7.29. The molecule has 0 spiro atoms. The number of hydrogen-bond acceptors (Lipinski definition) is 5. The van der Waals surface area contributed by atoms with Crippen LogP contribution in [0.25, 0.3) is 5.69 Å². The first-order valence-electron chi connectivity index (χ1n) is 12.1. The molecule has 0 bridgehead atoms. The third-order valence-electron chi connectivity index (χ3n) is 6.20. The highest BCUT2D eigenvalue weighted by molar-refractivity contribution is 6.35. The molecule has 0 aliphatic heterocycles. The molecule has 0 unspecified atom stereocenters. The van der Waals surface area contributed by atoms with Crippen molar-refractivity contribution in [2.45, 2.75) is 25.2 Å². The van der Waals surface area contributed by atoms with E-state index in [2.05, 4.69) is 20.9 Å². The second-order valence-electron chi connectivity index (χ2n) is 8.90. The van der Waals surface area contributed by atoms with Crippen LogP contribution in [0.1, 0.15) is 41.4 Å². The minimum absolute atomic E-state index is 0.218. The second-order valence-corrected chi connectivity index (χ2v) is 10.2. The third kappa shape index (κ3) is 6.27. The van der Waals surface area contributed by atoms with Crippen LogP contribution in [0.2, 0.25) is 15.1 Å². The molecule has 1 fully saturated rings. The highest BCUT2D eigenvalue weighted by Crippen LogP contribution is 2.37. The molecule has 1 saturated carbocycles. The number of carbonyl (C=O) groups is 2. The number of hydrogen-bond donors (Lipinski definition) is 3. The van der Waals surface area contributed by atoms with Crippen LogP contribution in [0, 0.1) is 0 Å². The zero-order valence-electron chi connectivity index (χ0n) is 20.7. The molecule has 12 heteroatoms. The molecule has 1 aliphatic rings. The SMILES string of the molecule is CNC(=O)c1cc(Oc2ccc(NC(=O)Nc3cc(C4CCC4)nn3-c3cc(Cl)cc(Cl)c3)c(Cl)c2)ccn1. The number of nitrogens with zero attached hydrogens (tertiary/aromatic N) is 3. The van der Waals surface area contributed by atoms with E-state index in [0.29, 0.717) is 44.7 Å². The van der Waals surface area contributed by atoms with Gasteiger partial charge in [0.1, 0.15) is 23.0 Å². The lowest BCUT2D eigenvalue weighted by atomic mass is 9.83. The molecule has 3 amide bonds. The molecule has 4 aromatic rings. The molecular weight excluding hydrogens is 563 g/mol. The molecule has 39 heavy (non-hydrogen) atoms. The summed E-state index contributed by atoms with van der Waals surface area (Å²) in [5, 5.41) is 14.0. The normalized spacial score (nSPS) is 12.9. The van der Waals surface area contributed by atoms with E-state index in [-0.39, 0.29) is 16.6 Å². The van der Waals surface area contributed by atoms with Gasteiger partial charge >= 0.3 is 6.03 Å². The monoisotopic (exact) mass is 584 g/mol.